The second-order valence-electron chi connectivity index (χ2n) is 4.05. The van der Waals surface area contributed by atoms with Crippen molar-refractivity contribution in [2.45, 2.75) is 6.42 Å². The number of carbonyl (C=O) groups is 1. The summed E-state index contributed by atoms with van der Waals surface area (Å²) in [5.41, 5.74) is -0.0702. The number of methoxy groups -OCH3 is 1. The monoisotopic (exact) mass is 261 g/mol. The van der Waals surface area contributed by atoms with Crippen LogP contribution in [0.4, 0.5) is 0 Å². The molecule has 1 amide bonds. The molecule has 0 spiro atoms. The molecule has 0 atom stereocenters. The lowest BCUT2D eigenvalue weighted by Gasteiger charge is -2.06. The Morgan fingerprint density at radius 2 is 2.11 bits per heavy atom. The maximum absolute atomic E-state index is 12.0. The largest absolute Gasteiger partial charge is 0.385 e. The van der Waals surface area contributed by atoms with Gasteiger partial charge in [-0.05, 0) is 12.5 Å². The number of aromatic nitrogens is 2. The van der Waals surface area contributed by atoms with Gasteiger partial charge in [-0.25, -0.2) is 5.10 Å². The lowest BCUT2D eigenvalue weighted by Crippen LogP contribution is -2.27. The van der Waals surface area contributed by atoms with Crippen molar-refractivity contribution < 1.29 is 9.53 Å². The quantitative estimate of drug-likeness (QED) is 0.775. The van der Waals surface area contributed by atoms with E-state index in [1.807, 2.05) is 0 Å². The summed E-state index contributed by atoms with van der Waals surface area (Å²) in [6.07, 6.45) is 0.726. The first-order valence-electron chi connectivity index (χ1n) is 5.98. The Morgan fingerprint density at radius 3 is 2.84 bits per heavy atom. The van der Waals surface area contributed by atoms with Crippen LogP contribution in [0, 0.1) is 0 Å². The number of nitrogens with zero attached hydrogens (tertiary/aromatic N) is 1. The molecule has 100 valence electrons. The maximum atomic E-state index is 12.0. The van der Waals surface area contributed by atoms with E-state index in [2.05, 4.69) is 15.5 Å². The molecule has 0 aliphatic rings. The van der Waals surface area contributed by atoms with Gasteiger partial charge in [-0.3, -0.25) is 9.59 Å². The molecule has 2 aromatic rings. The van der Waals surface area contributed by atoms with E-state index in [-0.39, 0.29) is 17.2 Å². The van der Waals surface area contributed by atoms with Crippen molar-refractivity contribution in [2.24, 2.45) is 0 Å². The number of carbonyl (C=O) groups excluding carboxylic acids is 1. The summed E-state index contributed by atoms with van der Waals surface area (Å²) in [4.78, 5) is 23.6. The van der Waals surface area contributed by atoms with E-state index in [1.165, 1.54) is 0 Å². The predicted molar refractivity (Wildman–Crippen MR) is 71.2 cm³/mol. The molecule has 2 rings (SSSR count). The zero-order valence-electron chi connectivity index (χ0n) is 10.6. The molecule has 0 aliphatic carbocycles. The van der Waals surface area contributed by atoms with Gasteiger partial charge in [0.05, 0.1) is 5.39 Å². The van der Waals surface area contributed by atoms with Crippen molar-refractivity contribution in [3.05, 3.63) is 40.3 Å². The first-order valence-corrected chi connectivity index (χ1v) is 5.98. The molecule has 1 aromatic heterocycles. The van der Waals surface area contributed by atoms with Gasteiger partial charge >= 0.3 is 0 Å². The fourth-order valence-electron chi connectivity index (χ4n) is 1.79. The van der Waals surface area contributed by atoms with Gasteiger partial charge in [0, 0.05) is 25.6 Å². The van der Waals surface area contributed by atoms with Crippen molar-refractivity contribution in [1.82, 2.24) is 15.5 Å². The highest BCUT2D eigenvalue weighted by molar-refractivity contribution is 6.04. The Labute approximate surface area is 109 Å². The summed E-state index contributed by atoms with van der Waals surface area (Å²) in [5.74, 6) is -0.302. The molecule has 0 saturated carbocycles. The molecule has 2 N–H and O–H groups in total. The molecular weight excluding hydrogens is 246 g/mol. The third-order valence-electron chi connectivity index (χ3n) is 2.72. The minimum atomic E-state index is -0.302. The highest BCUT2D eigenvalue weighted by atomic mass is 16.5. The van der Waals surface area contributed by atoms with E-state index in [0.29, 0.717) is 23.9 Å². The average molecular weight is 261 g/mol. The molecule has 1 heterocycles. The highest BCUT2D eigenvalue weighted by Crippen LogP contribution is 2.11. The lowest BCUT2D eigenvalue weighted by molar-refractivity contribution is 0.0944. The number of hydrogen-bond acceptors (Lipinski definition) is 4. The Hall–Kier alpha value is -2.21. The van der Waals surface area contributed by atoms with Crippen LogP contribution in [0.15, 0.2) is 29.1 Å². The van der Waals surface area contributed by atoms with E-state index in [9.17, 15) is 9.59 Å². The van der Waals surface area contributed by atoms with Crippen molar-refractivity contribution in [2.75, 3.05) is 20.3 Å². The third kappa shape index (κ3) is 2.97. The van der Waals surface area contributed by atoms with Gasteiger partial charge < -0.3 is 10.1 Å². The summed E-state index contributed by atoms with van der Waals surface area (Å²) >= 11 is 0. The third-order valence-corrected chi connectivity index (χ3v) is 2.72. The van der Waals surface area contributed by atoms with Crippen LogP contribution in [-0.2, 0) is 4.74 Å². The summed E-state index contributed by atoms with van der Waals surface area (Å²) in [6, 6.07) is 6.89. The van der Waals surface area contributed by atoms with Crippen LogP contribution in [-0.4, -0.2) is 36.4 Å². The summed E-state index contributed by atoms with van der Waals surface area (Å²) < 4.78 is 4.90. The number of hydrogen-bond donors (Lipinski definition) is 2. The smallest absolute Gasteiger partial charge is 0.272 e. The topological polar surface area (TPSA) is 84.1 Å². The lowest BCUT2D eigenvalue weighted by atomic mass is 10.1. The maximum Gasteiger partial charge on any atom is 0.272 e. The summed E-state index contributed by atoms with van der Waals surface area (Å²) in [6.45, 7) is 1.09. The van der Waals surface area contributed by atoms with E-state index < -0.39 is 0 Å². The molecule has 0 aliphatic heterocycles. The number of fused-ring (bicyclic) bond motifs is 1. The number of ether oxygens (including phenoxy) is 1. The van der Waals surface area contributed by atoms with Crippen molar-refractivity contribution in [3.8, 4) is 0 Å². The average Bonchev–Trinajstić information content (AvgIpc) is 2.44. The second-order valence-corrected chi connectivity index (χ2v) is 4.05. The van der Waals surface area contributed by atoms with Crippen molar-refractivity contribution in [1.29, 1.82) is 0 Å². The number of aromatic amines is 1. The molecule has 0 unspecified atom stereocenters. The molecule has 6 heteroatoms. The van der Waals surface area contributed by atoms with Gasteiger partial charge in [-0.15, -0.1) is 0 Å². The first-order chi connectivity index (χ1) is 9.24. The van der Waals surface area contributed by atoms with Gasteiger partial charge in [0.2, 0.25) is 0 Å². The molecule has 19 heavy (non-hydrogen) atoms. The normalized spacial score (nSPS) is 10.6. The van der Waals surface area contributed by atoms with Gasteiger partial charge in [0.25, 0.3) is 11.5 Å². The fourth-order valence-corrected chi connectivity index (χ4v) is 1.79. The van der Waals surface area contributed by atoms with Crippen LogP contribution in [0.5, 0.6) is 0 Å². The van der Waals surface area contributed by atoms with Crippen molar-refractivity contribution >= 4 is 16.7 Å². The van der Waals surface area contributed by atoms with Crippen molar-refractivity contribution in [3.63, 3.8) is 0 Å². The number of amides is 1. The molecule has 0 bridgehead atoms. The Morgan fingerprint density at radius 1 is 1.37 bits per heavy atom. The summed E-state index contributed by atoms with van der Waals surface area (Å²) in [5, 5.41) is 9.91. The van der Waals surface area contributed by atoms with Crippen LogP contribution < -0.4 is 10.9 Å². The van der Waals surface area contributed by atoms with E-state index in [0.717, 1.165) is 6.42 Å². The predicted octanol–water partition coefficient (Wildman–Crippen LogP) is 0.689. The van der Waals surface area contributed by atoms with E-state index in [4.69, 9.17) is 4.74 Å². The molecule has 1 aromatic carbocycles. The van der Waals surface area contributed by atoms with Gasteiger partial charge in [-0.2, -0.15) is 5.10 Å². The molecule has 0 saturated heterocycles. The zero-order chi connectivity index (χ0) is 13.7. The Balaban J connectivity index is 2.23. The van der Waals surface area contributed by atoms with E-state index in [1.54, 1.807) is 31.4 Å². The van der Waals surface area contributed by atoms with Crippen LogP contribution >= 0.6 is 0 Å². The summed E-state index contributed by atoms with van der Waals surface area (Å²) in [7, 11) is 1.61. The van der Waals surface area contributed by atoms with E-state index >= 15 is 0 Å². The second kappa shape index (κ2) is 6.10. The van der Waals surface area contributed by atoms with Gasteiger partial charge in [0.15, 0.2) is 5.69 Å². The molecular formula is C13H15N3O3. The standard InChI is InChI=1S/C13H15N3O3/c1-19-8-4-7-14-13(18)11-9-5-2-3-6-10(9)12(17)16-15-11/h2-3,5-6H,4,7-8H2,1H3,(H,14,18)(H,16,17). The van der Waals surface area contributed by atoms with Gasteiger partial charge in [-0.1, -0.05) is 18.2 Å². The molecule has 6 nitrogen and oxygen atoms in total. The SMILES string of the molecule is COCCCNC(=O)c1n[nH]c(=O)c2ccccc12. The van der Waals surface area contributed by atoms with Crippen LogP contribution in [0.2, 0.25) is 0 Å². The van der Waals surface area contributed by atoms with Crippen LogP contribution in [0.3, 0.4) is 0 Å². The minimum absolute atomic E-state index is 0.229. The number of nitrogens with one attached hydrogen (secondary N) is 2. The van der Waals surface area contributed by atoms with Crippen LogP contribution in [0.25, 0.3) is 10.8 Å². The number of benzene rings is 1. The first kappa shape index (κ1) is 13.2. The van der Waals surface area contributed by atoms with Crippen LogP contribution in [0.1, 0.15) is 16.9 Å². The Kier molecular flexibility index (Phi) is 4.25. The fraction of sp³-hybridized carbons (Fsp3) is 0.308. The number of rotatable bonds is 5. The zero-order valence-corrected chi connectivity index (χ0v) is 10.6. The molecule has 0 radical (unpaired) electrons. The number of H-pyrrole nitrogens is 1. The Bertz CT molecular complexity index is 636. The highest BCUT2D eigenvalue weighted by Gasteiger charge is 2.12. The minimum Gasteiger partial charge on any atom is -0.385 e. The van der Waals surface area contributed by atoms with Gasteiger partial charge in [0.1, 0.15) is 0 Å². The molecule has 0 fully saturated rings.